The molecule has 0 aliphatic carbocycles. The summed E-state index contributed by atoms with van der Waals surface area (Å²) in [6.07, 6.45) is 0. The lowest BCUT2D eigenvalue weighted by atomic mass is 10.0. The van der Waals surface area contributed by atoms with Gasteiger partial charge in [0, 0.05) is 22.0 Å². The number of anilines is 3. The minimum absolute atomic E-state index is 0.120. The highest BCUT2D eigenvalue weighted by molar-refractivity contribution is 6.53. The third-order valence-corrected chi connectivity index (χ3v) is 6.22. The molecule has 0 unspecified atom stereocenters. The van der Waals surface area contributed by atoms with Gasteiger partial charge in [0.2, 0.25) is 0 Å². The van der Waals surface area contributed by atoms with E-state index in [0.717, 1.165) is 4.90 Å². The van der Waals surface area contributed by atoms with Crippen LogP contribution in [-0.4, -0.2) is 24.8 Å². The van der Waals surface area contributed by atoms with Gasteiger partial charge in [-0.25, -0.2) is 4.90 Å². The van der Waals surface area contributed by atoms with Crippen molar-refractivity contribution in [1.82, 2.24) is 0 Å². The number of hydrogen-bond acceptors (Lipinski definition) is 5. The van der Waals surface area contributed by atoms with Gasteiger partial charge in [-0.3, -0.25) is 14.4 Å². The van der Waals surface area contributed by atoms with Crippen LogP contribution in [0.4, 0.5) is 17.1 Å². The number of methoxy groups -OCH3 is 1. The molecule has 184 valence electrons. The zero-order valence-electron chi connectivity index (χ0n) is 19.8. The maximum atomic E-state index is 13.2. The van der Waals surface area contributed by atoms with Crippen LogP contribution in [0.15, 0.2) is 77.5 Å². The topological polar surface area (TPSA) is 87.7 Å². The van der Waals surface area contributed by atoms with Crippen LogP contribution in [0.2, 0.25) is 5.02 Å². The predicted molar refractivity (Wildman–Crippen MR) is 142 cm³/mol. The summed E-state index contributed by atoms with van der Waals surface area (Å²) in [5.74, 6) is -1.05. The normalized spacial score (nSPS) is 13.4. The summed E-state index contributed by atoms with van der Waals surface area (Å²) in [5.41, 5.74) is 2.65. The standard InChI is InChI=1S/C27H23Cl2N3O4/c1-15(2)16-7-10-19(11-8-16)31-25(33)17-5-4-6-20(13-17)30-24-23(29)26(34)32(27(24)35)21-14-18(28)9-12-22(21)36-3/h4-15,30H,1-3H3,(H,31,33). The number of carbonyl (C=O) groups excluding carboxylic acids is 3. The van der Waals surface area contributed by atoms with Crippen LogP contribution in [0.1, 0.15) is 35.7 Å². The molecule has 0 aromatic heterocycles. The van der Waals surface area contributed by atoms with Crippen LogP contribution in [0, 0.1) is 0 Å². The number of rotatable bonds is 7. The fourth-order valence-corrected chi connectivity index (χ4v) is 4.08. The molecule has 3 aromatic rings. The molecular weight excluding hydrogens is 501 g/mol. The lowest BCUT2D eigenvalue weighted by Crippen LogP contribution is -2.32. The van der Waals surface area contributed by atoms with E-state index in [2.05, 4.69) is 24.5 Å². The van der Waals surface area contributed by atoms with E-state index in [9.17, 15) is 14.4 Å². The predicted octanol–water partition coefficient (Wildman–Crippen LogP) is 6.16. The first-order chi connectivity index (χ1) is 17.2. The zero-order chi connectivity index (χ0) is 26.0. The molecular formula is C27H23Cl2N3O4. The van der Waals surface area contributed by atoms with E-state index in [-0.39, 0.29) is 28.1 Å². The minimum atomic E-state index is -0.719. The van der Waals surface area contributed by atoms with Crippen molar-refractivity contribution in [2.75, 3.05) is 22.6 Å². The van der Waals surface area contributed by atoms with E-state index in [1.807, 2.05) is 24.3 Å². The van der Waals surface area contributed by atoms with E-state index < -0.39 is 11.8 Å². The first kappa shape index (κ1) is 25.3. The van der Waals surface area contributed by atoms with Crippen LogP contribution in [0.5, 0.6) is 5.75 Å². The molecule has 7 nitrogen and oxygen atoms in total. The Morgan fingerprint density at radius 2 is 1.64 bits per heavy atom. The highest BCUT2D eigenvalue weighted by Gasteiger charge is 2.40. The number of ether oxygens (including phenoxy) is 1. The van der Waals surface area contributed by atoms with Gasteiger partial charge in [0.05, 0.1) is 12.8 Å². The van der Waals surface area contributed by atoms with Gasteiger partial charge in [-0.1, -0.05) is 55.2 Å². The van der Waals surface area contributed by atoms with E-state index in [1.54, 1.807) is 36.4 Å². The van der Waals surface area contributed by atoms with E-state index in [1.165, 1.54) is 18.7 Å². The molecule has 1 aliphatic rings. The Kier molecular flexibility index (Phi) is 7.33. The van der Waals surface area contributed by atoms with Crippen molar-refractivity contribution < 1.29 is 19.1 Å². The first-order valence-corrected chi connectivity index (χ1v) is 11.9. The molecule has 0 saturated carbocycles. The fraction of sp³-hybridized carbons (Fsp3) is 0.148. The Labute approximate surface area is 218 Å². The number of halogens is 2. The number of nitrogens with one attached hydrogen (secondary N) is 2. The van der Waals surface area contributed by atoms with Crippen LogP contribution in [0.3, 0.4) is 0 Å². The molecule has 0 bridgehead atoms. The van der Waals surface area contributed by atoms with Crippen molar-refractivity contribution in [3.8, 4) is 5.75 Å². The molecule has 0 saturated heterocycles. The monoisotopic (exact) mass is 523 g/mol. The highest BCUT2D eigenvalue weighted by atomic mass is 35.5. The van der Waals surface area contributed by atoms with Gasteiger partial charge in [-0.05, 0) is 60.0 Å². The van der Waals surface area contributed by atoms with Crippen LogP contribution >= 0.6 is 23.2 Å². The van der Waals surface area contributed by atoms with E-state index >= 15 is 0 Å². The molecule has 0 atom stereocenters. The second-order valence-electron chi connectivity index (χ2n) is 8.39. The van der Waals surface area contributed by atoms with Crippen molar-refractivity contribution in [3.63, 3.8) is 0 Å². The Morgan fingerprint density at radius 1 is 0.917 bits per heavy atom. The molecule has 3 amide bonds. The van der Waals surface area contributed by atoms with Gasteiger partial charge >= 0.3 is 0 Å². The molecule has 9 heteroatoms. The van der Waals surface area contributed by atoms with Gasteiger partial charge < -0.3 is 15.4 Å². The smallest absolute Gasteiger partial charge is 0.283 e. The van der Waals surface area contributed by atoms with Crippen molar-refractivity contribution in [3.05, 3.63) is 93.6 Å². The maximum Gasteiger partial charge on any atom is 0.283 e. The quantitative estimate of drug-likeness (QED) is 0.362. The fourth-order valence-electron chi connectivity index (χ4n) is 3.71. The number of benzene rings is 3. The average Bonchev–Trinajstić information content (AvgIpc) is 3.07. The highest BCUT2D eigenvalue weighted by Crippen LogP contribution is 2.37. The molecule has 1 heterocycles. The Bertz CT molecular complexity index is 1380. The van der Waals surface area contributed by atoms with Crippen molar-refractivity contribution >= 4 is 58.0 Å². The summed E-state index contributed by atoms with van der Waals surface area (Å²) in [6.45, 7) is 4.20. The number of imide groups is 1. The lowest BCUT2D eigenvalue weighted by molar-refractivity contribution is -0.120. The molecule has 1 aliphatic heterocycles. The molecule has 3 aromatic carbocycles. The number of amides is 3. The summed E-state index contributed by atoms with van der Waals surface area (Å²) in [5, 5.41) is 5.77. The lowest BCUT2D eigenvalue weighted by Gasteiger charge is -2.18. The van der Waals surface area contributed by atoms with Gasteiger partial charge in [0.1, 0.15) is 16.5 Å². The van der Waals surface area contributed by atoms with Gasteiger partial charge in [-0.15, -0.1) is 0 Å². The van der Waals surface area contributed by atoms with Crippen molar-refractivity contribution in [2.24, 2.45) is 0 Å². The van der Waals surface area contributed by atoms with Crippen molar-refractivity contribution in [2.45, 2.75) is 19.8 Å². The van der Waals surface area contributed by atoms with Gasteiger partial charge in [-0.2, -0.15) is 0 Å². The van der Waals surface area contributed by atoms with E-state index in [0.29, 0.717) is 27.9 Å². The van der Waals surface area contributed by atoms with Gasteiger partial charge in [0.15, 0.2) is 0 Å². The first-order valence-electron chi connectivity index (χ1n) is 11.1. The summed E-state index contributed by atoms with van der Waals surface area (Å²) in [6, 6.07) is 18.7. The summed E-state index contributed by atoms with van der Waals surface area (Å²) in [4.78, 5) is 39.7. The molecule has 0 spiro atoms. The Morgan fingerprint density at radius 3 is 2.31 bits per heavy atom. The summed E-state index contributed by atoms with van der Waals surface area (Å²) in [7, 11) is 1.42. The summed E-state index contributed by atoms with van der Waals surface area (Å²) < 4.78 is 5.28. The van der Waals surface area contributed by atoms with Gasteiger partial charge in [0.25, 0.3) is 17.7 Å². The summed E-state index contributed by atoms with van der Waals surface area (Å²) >= 11 is 12.3. The van der Waals surface area contributed by atoms with E-state index in [4.69, 9.17) is 27.9 Å². The third kappa shape index (κ3) is 5.08. The van der Waals surface area contributed by atoms with Crippen LogP contribution in [0.25, 0.3) is 0 Å². The average molecular weight is 524 g/mol. The molecule has 0 fully saturated rings. The maximum absolute atomic E-state index is 13.2. The Balaban J connectivity index is 1.53. The largest absolute Gasteiger partial charge is 0.495 e. The second kappa shape index (κ2) is 10.4. The molecule has 0 radical (unpaired) electrons. The number of carbonyl (C=O) groups is 3. The Hall–Kier alpha value is -3.81. The van der Waals surface area contributed by atoms with Crippen molar-refractivity contribution in [1.29, 1.82) is 0 Å². The molecule has 4 rings (SSSR count). The SMILES string of the molecule is COc1ccc(Cl)cc1N1C(=O)C(Cl)=C(Nc2cccc(C(=O)Nc3ccc(C(C)C)cc3)c2)C1=O. The van der Waals surface area contributed by atoms with Crippen LogP contribution in [-0.2, 0) is 9.59 Å². The number of nitrogens with zero attached hydrogens (tertiary/aromatic N) is 1. The number of hydrogen-bond donors (Lipinski definition) is 2. The molecule has 36 heavy (non-hydrogen) atoms. The van der Waals surface area contributed by atoms with Crippen LogP contribution < -0.4 is 20.3 Å². The minimum Gasteiger partial charge on any atom is -0.495 e. The second-order valence-corrected chi connectivity index (χ2v) is 9.20. The zero-order valence-corrected chi connectivity index (χ0v) is 21.3. The molecule has 2 N–H and O–H groups in total. The third-order valence-electron chi connectivity index (χ3n) is 5.64.